The lowest BCUT2D eigenvalue weighted by atomic mass is 10.2. The van der Waals surface area contributed by atoms with E-state index in [0.717, 1.165) is 6.08 Å². The van der Waals surface area contributed by atoms with E-state index in [2.05, 4.69) is 5.32 Å². The molecule has 2 rings (SSSR count). The molecule has 0 aliphatic heterocycles. The molecule has 0 saturated heterocycles. The van der Waals surface area contributed by atoms with Gasteiger partial charge in [-0.25, -0.2) is 9.18 Å². The molecule has 1 N–H and O–H groups in total. The van der Waals surface area contributed by atoms with Crippen LogP contribution in [-0.4, -0.2) is 18.0 Å². The predicted octanol–water partition coefficient (Wildman–Crippen LogP) is 4.72. The maximum absolute atomic E-state index is 12.8. The number of amides is 1. The van der Waals surface area contributed by atoms with Gasteiger partial charge in [0.2, 0.25) is 0 Å². The Morgan fingerprint density at radius 1 is 1.16 bits per heavy atom. The Morgan fingerprint density at radius 3 is 2.48 bits per heavy atom. The van der Waals surface area contributed by atoms with E-state index in [4.69, 9.17) is 27.9 Å². The molecule has 130 valence electrons. The van der Waals surface area contributed by atoms with Crippen LogP contribution < -0.4 is 5.32 Å². The first-order chi connectivity index (χ1) is 11.8. The monoisotopic (exact) mass is 381 g/mol. The van der Waals surface area contributed by atoms with Gasteiger partial charge in [-0.1, -0.05) is 35.3 Å². The van der Waals surface area contributed by atoms with E-state index in [9.17, 15) is 14.0 Å². The zero-order chi connectivity index (χ0) is 18.4. The second-order valence-corrected chi connectivity index (χ2v) is 5.92. The number of carbonyl (C=O) groups excluding carboxylic acids is 2. The standard InChI is InChI=1S/C18H14Cl2FNO3/c1-11(18(24)22-16-8-5-13(19)10-15(16)20)25-17(23)9-4-12-2-6-14(21)7-3-12/h2-11H,1H3,(H,22,24)/b9-4+/t11-/m1/s1. The van der Waals surface area contributed by atoms with Crippen molar-refractivity contribution in [3.05, 3.63) is 70.0 Å². The highest BCUT2D eigenvalue weighted by molar-refractivity contribution is 6.36. The van der Waals surface area contributed by atoms with Gasteiger partial charge in [-0.15, -0.1) is 0 Å². The second kappa shape index (κ2) is 8.65. The first kappa shape index (κ1) is 19.0. The van der Waals surface area contributed by atoms with Gasteiger partial charge in [-0.2, -0.15) is 0 Å². The summed E-state index contributed by atoms with van der Waals surface area (Å²) in [4.78, 5) is 23.8. The molecule has 0 heterocycles. The molecule has 7 heteroatoms. The number of anilines is 1. The summed E-state index contributed by atoms with van der Waals surface area (Å²) in [5.74, 6) is -1.60. The van der Waals surface area contributed by atoms with Crippen LogP contribution in [0.5, 0.6) is 0 Å². The highest BCUT2D eigenvalue weighted by Crippen LogP contribution is 2.25. The van der Waals surface area contributed by atoms with Gasteiger partial charge in [0.1, 0.15) is 5.82 Å². The summed E-state index contributed by atoms with van der Waals surface area (Å²) >= 11 is 11.8. The van der Waals surface area contributed by atoms with Crippen LogP contribution in [0.15, 0.2) is 48.5 Å². The summed E-state index contributed by atoms with van der Waals surface area (Å²) in [7, 11) is 0. The van der Waals surface area contributed by atoms with Crippen molar-refractivity contribution in [3.63, 3.8) is 0 Å². The maximum atomic E-state index is 12.8. The third-order valence-corrected chi connectivity index (χ3v) is 3.68. The lowest BCUT2D eigenvalue weighted by molar-refractivity contribution is -0.148. The van der Waals surface area contributed by atoms with E-state index in [-0.39, 0.29) is 10.8 Å². The summed E-state index contributed by atoms with van der Waals surface area (Å²) in [5, 5.41) is 3.26. The Labute approximate surface area is 154 Å². The van der Waals surface area contributed by atoms with Crippen LogP contribution in [0.25, 0.3) is 6.08 Å². The van der Waals surface area contributed by atoms with Crippen LogP contribution in [0.1, 0.15) is 12.5 Å². The average Bonchev–Trinajstić information content (AvgIpc) is 2.56. The van der Waals surface area contributed by atoms with E-state index >= 15 is 0 Å². The molecular weight excluding hydrogens is 368 g/mol. The quantitative estimate of drug-likeness (QED) is 0.602. The zero-order valence-electron chi connectivity index (χ0n) is 13.1. The summed E-state index contributed by atoms with van der Waals surface area (Å²) in [6.07, 6.45) is 1.59. The first-order valence-corrected chi connectivity index (χ1v) is 8.01. The fourth-order valence-corrected chi connectivity index (χ4v) is 2.29. The van der Waals surface area contributed by atoms with Crippen molar-refractivity contribution in [3.8, 4) is 0 Å². The Hall–Kier alpha value is -2.37. The number of esters is 1. The molecular formula is C18H14Cl2FNO3. The number of carbonyl (C=O) groups is 2. The third-order valence-electron chi connectivity index (χ3n) is 3.13. The Morgan fingerprint density at radius 2 is 1.84 bits per heavy atom. The number of hydrogen-bond donors (Lipinski definition) is 1. The normalized spacial score (nSPS) is 12.0. The summed E-state index contributed by atoms with van der Waals surface area (Å²) in [5.41, 5.74) is 0.990. The third kappa shape index (κ3) is 5.89. The number of rotatable bonds is 5. The number of nitrogens with one attached hydrogen (secondary N) is 1. The van der Waals surface area contributed by atoms with Crippen molar-refractivity contribution in [2.75, 3.05) is 5.32 Å². The minimum Gasteiger partial charge on any atom is -0.449 e. The molecule has 25 heavy (non-hydrogen) atoms. The van der Waals surface area contributed by atoms with E-state index < -0.39 is 18.0 Å². The average molecular weight is 382 g/mol. The minimum absolute atomic E-state index is 0.274. The number of ether oxygens (including phenoxy) is 1. The molecule has 0 fully saturated rings. The molecule has 1 atom stereocenters. The van der Waals surface area contributed by atoms with Crippen LogP contribution in [-0.2, 0) is 14.3 Å². The van der Waals surface area contributed by atoms with Gasteiger partial charge in [-0.05, 0) is 48.9 Å². The Bertz CT molecular complexity index is 806. The van der Waals surface area contributed by atoms with Gasteiger partial charge in [0.05, 0.1) is 10.7 Å². The van der Waals surface area contributed by atoms with Gasteiger partial charge in [0.25, 0.3) is 5.91 Å². The first-order valence-electron chi connectivity index (χ1n) is 7.25. The largest absolute Gasteiger partial charge is 0.449 e. The van der Waals surface area contributed by atoms with Gasteiger partial charge in [-0.3, -0.25) is 4.79 Å². The lowest BCUT2D eigenvalue weighted by Gasteiger charge is -2.13. The molecule has 0 saturated carbocycles. The van der Waals surface area contributed by atoms with Crippen LogP contribution >= 0.6 is 23.2 Å². The molecule has 0 aliphatic rings. The van der Waals surface area contributed by atoms with Gasteiger partial charge in [0.15, 0.2) is 6.10 Å². The van der Waals surface area contributed by atoms with Crippen molar-refractivity contribution in [2.45, 2.75) is 13.0 Å². The predicted molar refractivity (Wildman–Crippen MR) is 96.1 cm³/mol. The molecule has 1 amide bonds. The van der Waals surface area contributed by atoms with Crippen molar-refractivity contribution in [1.82, 2.24) is 0 Å². The van der Waals surface area contributed by atoms with E-state index in [1.165, 1.54) is 43.3 Å². The smallest absolute Gasteiger partial charge is 0.331 e. The van der Waals surface area contributed by atoms with E-state index in [1.807, 2.05) is 0 Å². The maximum Gasteiger partial charge on any atom is 0.331 e. The lowest BCUT2D eigenvalue weighted by Crippen LogP contribution is -2.29. The van der Waals surface area contributed by atoms with Gasteiger partial charge < -0.3 is 10.1 Å². The minimum atomic E-state index is -1.03. The Balaban J connectivity index is 1.91. The second-order valence-electron chi connectivity index (χ2n) is 5.08. The molecule has 0 bridgehead atoms. The molecule has 0 spiro atoms. The fourth-order valence-electron chi connectivity index (χ4n) is 1.83. The molecule has 2 aromatic rings. The highest BCUT2D eigenvalue weighted by atomic mass is 35.5. The topological polar surface area (TPSA) is 55.4 Å². The van der Waals surface area contributed by atoms with Crippen LogP contribution in [0.3, 0.4) is 0 Å². The molecule has 2 aromatic carbocycles. The molecule has 4 nitrogen and oxygen atoms in total. The fraction of sp³-hybridized carbons (Fsp3) is 0.111. The summed E-state index contributed by atoms with van der Waals surface area (Å²) in [6, 6.07) is 10.2. The summed E-state index contributed by atoms with van der Waals surface area (Å²) < 4.78 is 17.8. The Kier molecular flexibility index (Phi) is 6.56. The van der Waals surface area contributed by atoms with Crippen LogP contribution in [0.4, 0.5) is 10.1 Å². The van der Waals surface area contributed by atoms with Crippen LogP contribution in [0.2, 0.25) is 10.0 Å². The van der Waals surface area contributed by atoms with Crippen LogP contribution in [0, 0.1) is 5.82 Å². The van der Waals surface area contributed by atoms with Crippen molar-refractivity contribution in [1.29, 1.82) is 0 Å². The van der Waals surface area contributed by atoms with E-state index in [0.29, 0.717) is 16.3 Å². The van der Waals surface area contributed by atoms with Crippen molar-refractivity contribution >= 4 is 46.8 Å². The molecule has 0 unspecified atom stereocenters. The van der Waals surface area contributed by atoms with Gasteiger partial charge >= 0.3 is 5.97 Å². The molecule has 0 radical (unpaired) electrons. The SMILES string of the molecule is C[C@@H](OC(=O)/C=C/c1ccc(F)cc1)C(=O)Nc1ccc(Cl)cc1Cl. The number of hydrogen-bond acceptors (Lipinski definition) is 3. The number of benzene rings is 2. The van der Waals surface area contributed by atoms with E-state index in [1.54, 1.807) is 12.1 Å². The zero-order valence-corrected chi connectivity index (χ0v) is 14.6. The van der Waals surface area contributed by atoms with Crippen molar-refractivity contribution in [2.24, 2.45) is 0 Å². The highest BCUT2D eigenvalue weighted by Gasteiger charge is 2.17. The van der Waals surface area contributed by atoms with Crippen molar-refractivity contribution < 1.29 is 18.7 Å². The summed E-state index contributed by atoms with van der Waals surface area (Å²) in [6.45, 7) is 1.43. The molecule has 0 aromatic heterocycles. The molecule has 0 aliphatic carbocycles. The number of halogens is 3. The van der Waals surface area contributed by atoms with Gasteiger partial charge in [0, 0.05) is 11.1 Å².